The quantitative estimate of drug-likeness (QED) is 0.866. The Bertz CT molecular complexity index is 414. The first-order valence-corrected chi connectivity index (χ1v) is 7.62. The maximum atomic E-state index is 5.60. The molecule has 0 radical (unpaired) electrons. The lowest BCUT2D eigenvalue weighted by atomic mass is 10.1. The minimum absolute atomic E-state index is 0.409. The SMILES string of the molecule is COc1ccc(C2SCCN2CCCN)cc1OC. The molecular weight excluding hydrogens is 260 g/mol. The van der Waals surface area contributed by atoms with E-state index in [1.165, 1.54) is 11.3 Å². The molecule has 0 aliphatic carbocycles. The standard InChI is InChI=1S/C14H22N2O2S/c1-17-12-5-4-11(10-13(12)18-2)14-16(7-3-6-15)8-9-19-14/h4-5,10,14H,3,6-9,15H2,1-2H3. The van der Waals surface area contributed by atoms with Crippen molar-refractivity contribution in [1.82, 2.24) is 4.90 Å². The minimum atomic E-state index is 0.409. The highest BCUT2D eigenvalue weighted by atomic mass is 32.2. The van der Waals surface area contributed by atoms with Crippen LogP contribution in [0.2, 0.25) is 0 Å². The highest BCUT2D eigenvalue weighted by molar-refractivity contribution is 7.99. The van der Waals surface area contributed by atoms with E-state index in [4.69, 9.17) is 15.2 Å². The van der Waals surface area contributed by atoms with Crippen LogP contribution in [0.4, 0.5) is 0 Å². The van der Waals surface area contributed by atoms with Gasteiger partial charge in [-0.1, -0.05) is 6.07 Å². The first-order chi connectivity index (χ1) is 9.30. The highest BCUT2D eigenvalue weighted by Gasteiger charge is 2.26. The predicted octanol–water partition coefficient (Wildman–Crippen LogP) is 2.10. The molecule has 0 amide bonds. The van der Waals surface area contributed by atoms with E-state index < -0.39 is 0 Å². The molecule has 5 heteroatoms. The monoisotopic (exact) mass is 282 g/mol. The Labute approximate surface area is 119 Å². The van der Waals surface area contributed by atoms with Crippen LogP contribution < -0.4 is 15.2 Å². The summed E-state index contributed by atoms with van der Waals surface area (Å²) in [5.41, 5.74) is 6.88. The molecule has 1 atom stereocenters. The van der Waals surface area contributed by atoms with Crippen molar-refractivity contribution < 1.29 is 9.47 Å². The van der Waals surface area contributed by atoms with Gasteiger partial charge >= 0.3 is 0 Å². The number of methoxy groups -OCH3 is 2. The van der Waals surface area contributed by atoms with Crippen LogP contribution in [0.3, 0.4) is 0 Å². The summed E-state index contributed by atoms with van der Waals surface area (Å²) in [5.74, 6) is 2.75. The molecule has 2 N–H and O–H groups in total. The van der Waals surface area contributed by atoms with Gasteiger partial charge in [-0.15, -0.1) is 11.8 Å². The van der Waals surface area contributed by atoms with Crippen LogP contribution in [0.1, 0.15) is 17.4 Å². The maximum absolute atomic E-state index is 5.60. The molecule has 0 bridgehead atoms. The third kappa shape index (κ3) is 3.35. The lowest BCUT2D eigenvalue weighted by molar-refractivity contribution is 0.287. The van der Waals surface area contributed by atoms with Crippen molar-refractivity contribution in [2.24, 2.45) is 5.73 Å². The van der Waals surface area contributed by atoms with Gasteiger partial charge in [0, 0.05) is 18.8 Å². The fourth-order valence-corrected chi connectivity index (χ4v) is 3.67. The summed E-state index contributed by atoms with van der Waals surface area (Å²) in [4.78, 5) is 2.48. The molecule has 1 aromatic rings. The second kappa shape index (κ2) is 7.03. The van der Waals surface area contributed by atoms with Gasteiger partial charge in [0.1, 0.15) is 0 Å². The van der Waals surface area contributed by atoms with Crippen molar-refractivity contribution in [1.29, 1.82) is 0 Å². The molecule has 1 heterocycles. The molecule has 0 spiro atoms. The Hall–Kier alpha value is -0.910. The zero-order chi connectivity index (χ0) is 13.7. The van der Waals surface area contributed by atoms with Gasteiger partial charge in [0.2, 0.25) is 0 Å². The van der Waals surface area contributed by atoms with Crippen LogP contribution in [-0.4, -0.2) is 44.5 Å². The summed E-state index contributed by atoms with van der Waals surface area (Å²) in [5, 5.41) is 0.409. The summed E-state index contributed by atoms with van der Waals surface area (Å²) < 4.78 is 10.7. The van der Waals surface area contributed by atoms with Crippen molar-refractivity contribution in [2.75, 3.05) is 39.6 Å². The Morgan fingerprint density at radius 3 is 2.79 bits per heavy atom. The fraction of sp³-hybridized carbons (Fsp3) is 0.571. The zero-order valence-corrected chi connectivity index (χ0v) is 12.4. The molecule has 1 unspecified atom stereocenters. The van der Waals surface area contributed by atoms with Crippen LogP contribution in [-0.2, 0) is 0 Å². The third-order valence-corrected chi connectivity index (χ3v) is 4.63. The molecular formula is C14H22N2O2S. The highest BCUT2D eigenvalue weighted by Crippen LogP contribution is 2.40. The number of benzene rings is 1. The van der Waals surface area contributed by atoms with E-state index in [1.54, 1.807) is 14.2 Å². The number of hydrogen-bond donors (Lipinski definition) is 1. The molecule has 0 saturated carbocycles. The lowest BCUT2D eigenvalue weighted by Crippen LogP contribution is -2.25. The van der Waals surface area contributed by atoms with Crippen LogP contribution in [0.25, 0.3) is 0 Å². The van der Waals surface area contributed by atoms with Crippen molar-refractivity contribution >= 4 is 11.8 Å². The van der Waals surface area contributed by atoms with Crippen molar-refractivity contribution in [2.45, 2.75) is 11.8 Å². The van der Waals surface area contributed by atoms with Crippen LogP contribution >= 0.6 is 11.8 Å². The number of rotatable bonds is 6. The summed E-state index contributed by atoms with van der Waals surface area (Å²) >= 11 is 1.98. The maximum Gasteiger partial charge on any atom is 0.161 e. The van der Waals surface area contributed by atoms with E-state index in [2.05, 4.69) is 17.0 Å². The second-order valence-electron chi connectivity index (χ2n) is 4.52. The number of nitrogens with zero attached hydrogens (tertiary/aromatic N) is 1. The minimum Gasteiger partial charge on any atom is -0.493 e. The molecule has 1 aromatic carbocycles. The molecule has 1 aliphatic rings. The lowest BCUT2D eigenvalue weighted by Gasteiger charge is -2.24. The van der Waals surface area contributed by atoms with E-state index in [1.807, 2.05) is 17.8 Å². The average molecular weight is 282 g/mol. The van der Waals surface area contributed by atoms with E-state index in [0.29, 0.717) is 5.37 Å². The predicted molar refractivity (Wildman–Crippen MR) is 80.0 cm³/mol. The van der Waals surface area contributed by atoms with E-state index in [-0.39, 0.29) is 0 Å². The summed E-state index contributed by atoms with van der Waals surface area (Å²) in [6.07, 6.45) is 1.05. The normalized spacial score (nSPS) is 19.6. The molecule has 4 nitrogen and oxygen atoms in total. The molecule has 1 fully saturated rings. The van der Waals surface area contributed by atoms with Gasteiger partial charge in [-0.3, -0.25) is 4.90 Å². The van der Waals surface area contributed by atoms with Gasteiger partial charge in [0.25, 0.3) is 0 Å². The molecule has 19 heavy (non-hydrogen) atoms. The van der Waals surface area contributed by atoms with Gasteiger partial charge in [-0.25, -0.2) is 0 Å². The summed E-state index contributed by atoms with van der Waals surface area (Å²) in [6.45, 7) is 2.94. The largest absolute Gasteiger partial charge is 0.493 e. The van der Waals surface area contributed by atoms with Crippen molar-refractivity contribution in [3.8, 4) is 11.5 Å². The summed E-state index contributed by atoms with van der Waals surface area (Å²) in [6, 6.07) is 6.19. The van der Waals surface area contributed by atoms with Crippen LogP contribution in [0.15, 0.2) is 18.2 Å². The van der Waals surface area contributed by atoms with Gasteiger partial charge in [-0.2, -0.15) is 0 Å². The first-order valence-electron chi connectivity index (χ1n) is 6.57. The second-order valence-corrected chi connectivity index (χ2v) is 5.70. The van der Waals surface area contributed by atoms with E-state index >= 15 is 0 Å². The Balaban J connectivity index is 2.16. The van der Waals surface area contributed by atoms with Gasteiger partial charge in [0.15, 0.2) is 11.5 Å². The Morgan fingerprint density at radius 2 is 2.11 bits per heavy atom. The Morgan fingerprint density at radius 1 is 1.32 bits per heavy atom. The van der Waals surface area contributed by atoms with Crippen LogP contribution in [0, 0.1) is 0 Å². The van der Waals surface area contributed by atoms with E-state index in [9.17, 15) is 0 Å². The molecule has 0 aromatic heterocycles. The number of nitrogens with two attached hydrogens (primary N) is 1. The van der Waals surface area contributed by atoms with E-state index in [0.717, 1.165) is 37.6 Å². The van der Waals surface area contributed by atoms with Gasteiger partial charge in [-0.05, 0) is 30.7 Å². The smallest absolute Gasteiger partial charge is 0.161 e. The molecule has 2 rings (SSSR count). The number of hydrogen-bond acceptors (Lipinski definition) is 5. The van der Waals surface area contributed by atoms with Crippen molar-refractivity contribution in [3.05, 3.63) is 23.8 Å². The van der Waals surface area contributed by atoms with Crippen molar-refractivity contribution in [3.63, 3.8) is 0 Å². The average Bonchev–Trinajstić information content (AvgIpc) is 2.92. The van der Waals surface area contributed by atoms with Gasteiger partial charge in [0.05, 0.1) is 19.6 Å². The summed E-state index contributed by atoms with van der Waals surface area (Å²) in [7, 11) is 3.34. The zero-order valence-electron chi connectivity index (χ0n) is 11.6. The topological polar surface area (TPSA) is 47.7 Å². The number of ether oxygens (including phenoxy) is 2. The first kappa shape index (κ1) is 14.5. The Kier molecular flexibility index (Phi) is 5.36. The number of thioether (sulfide) groups is 1. The van der Waals surface area contributed by atoms with Gasteiger partial charge < -0.3 is 15.2 Å². The molecule has 106 valence electrons. The fourth-order valence-electron chi connectivity index (χ4n) is 2.34. The third-order valence-electron chi connectivity index (χ3n) is 3.33. The molecule has 1 saturated heterocycles. The van der Waals surface area contributed by atoms with Crippen LogP contribution in [0.5, 0.6) is 11.5 Å². The molecule has 1 aliphatic heterocycles.